The Bertz CT molecular complexity index is 1410. The number of carbonyl (C=O) groups is 1. The Labute approximate surface area is 226 Å². The van der Waals surface area contributed by atoms with Crippen LogP contribution in [0.15, 0.2) is 55.1 Å². The summed E-state index contributed by atoms with van der Waals surface area (Å²) in [4.78, 5) is 17.5. The molecule has 5 nitrogen and oxygen atoms in total. The summed E-state index contributed by atoms with van der Waals surface area (Å²) in [6.07, 6.45) is 2.46. The average molecular weight is 511 g/mol. The second kappa shape index (κ2) is 10.9. The van der Waals surface area contributed by atoms with Crippen LogP contribution in [0.3, 0.4) is 0 Å². The van der Waals surface area contributed by atoms with E-state index in [1.165, 1.54) is 11.1 Å². The van der Waals surface area contributed by atoms with Crippen molar-refractivity contribution in [3.63, 3.8) is 0 Å². The molecule has 198 valence electrons. The standard InChI is InChI=1S/C33H38N2O3/c1-8-38-32(36)24-13-16-27(20(2)9-10-23-11-14-26(37-7)15-12-23)28(18-24)29-22(4)30-25(19-33(29,5)6)17-21(3)31(34)35-30/h11-18H,2,8-10,19H2,1,3-7H3,(H2,34,35). The summed E-state index contributed by atoms with van der Waals surface area (Å²) in [6, 6.07) is 16.1. The summed E-state index contributed by atoms with van der Waals surface area (Å²) < 4.78 is 10.6. The van der Waals surface area contributed by atoms with Crippen LogP contribution in [-0.4, -0.2) is 24.7 Å². The molecule has 0 amide bonds. The van der Waals surface area contributed by atoms with Crippen molar-refractivity contribution >= 4 is 28.5 Å². The highest BCUT2D eigenvalue weighted by Gasteiger charge is 2.35. The van der Waals surface area contributed by atoms with Crippen LogP contribution in [0.25, 0.3) is 16.7 Å². The molecule has 0 radical (unpaired) electrons. The molecule has 1 heterocycles. The highest BCUT2D eigenvalue weighted by molar-refractivity contribution is 5.99. The second-order valence-electron chi connectivity index (χ2n) is 10.7. The van der Waals surface area contributed by atoms with Crippen LogP contribution in [0, 0.1) is 12.3 Å². The van der Waals surface area contributed by atoms with Gasteiger partial charge >= 0.3 is 5.97 Å². The number of carbonyl (C=O) groups excluding carboxylic acids is 1. The number of hydrogen-bond donors (Lipinski definition) is 1. The maximum Gasteiger partial charge on any atom is 0.338 e. The van der Waals surface area contributed by atoms with Crippen LogP contribution in [0.5, 0.6) is 5.75 Å². The maximum absolute atomic E-state index is 12.7. The second-order valence-corrected chi connectivity index (χ2v) is 10.7. The van der Waals surface area contributed by atoms with E-state index in [2.05, 4.69) is 45.5 Å². The molecule has 2 N–H and O–H groups in total. The van der Waals surface area contributed by atoms with Crippen molar-refractivity contribution in [2.45, 2.75) is 53.9 Å². The first-order chi connectivity index (χ1) is 18.1. The van der Waals surface area contributed by atoms with Crippen molar-refractivity contribution in [2.75, 3.05) is 19.5 Å². The number of rotatable bonds is 8. The first-order valence-corrected chi connectivity index (χ1v) is 13.2. The van der Waals surface area contributed by atoms with Crippen LogP contribution in [0.1, 0.15) is 78.0 Å². The molecular weight excluding hydrogens is 472 g/mol. The Hall–Kier alpha value is -3.86. The molecular formula is C33H38N2O3. The summed E-state index contributed by atoms with van der Waals surface area (Å²) in [5, 5.41) is 0. The van der Waals surface area contributed by atoms with Gasteiger partial charge in [0.2, 0.25) is 0 Å². The fourth-order valence-electron chi connectivity index (χ4n) is 5.52. The predicted molar refractivity (Wildman–Crippen MR) is 156 cm³/mol. The maximum atomic E-state index is 12.7. The van der Waals surface area contributed by atoms with E-state index >= 15 is 0 Å². The summed E-state index contributed by atoms with van der Waals surface area (Å²) in [6.45, 7) is 15.2. The number of nitrogen functional groups attached to an aromatic ring is 1. The molecule has 0 saturated carbocycles. The summed E-state index contributed by atoms with van der Waals surface area (Å²) in [7, 11) is 1.67. The van der Waals surface area contributed by atoms with Crippen molar-refractivity contribution in [1.29, 1.82) is 0 Å². The number of nitrogens with two attached hydrogens (primary N) is 1. The highest BCUT2D eigenvalue weighted by atomic mass is 16.5. The van der Waals surface area contributed by atoms with Crippen LogP contribution >= 0.6 is 0 Å². The van der Waals surface area contributed by atoms with Crippen LogP contribution in [0.2, 0.25) is 0 Å². The number of nitrogens with zero attached hydrogens (tertiary/aromatic N) is 1. The molecule has 0 unspecified atom stereocenters. The van der Waals surface area contributed by atoms with Gasteiger partial charge in [0, 0.05) is 0 Å². The van der Waals surface area contributed by atoms with E-state index in [1.54, 1.807) is 7.11 Å². The Kier molecular flexibility index (Phi) is 7.77. The molecule has 0 fully saturated rings. The molecule has 0 spiro atoms. The third kappa shape index (κ3) is 5.38. The predicted octanol–water partition coefficient (Wildman–Crippen LogP) is 7.32. The van der Waals surface area contributed by atoms with Gasteiger partial charge in [0.15, 0.2) is 0 Å². The van der Waals surface area contributed by atoms with E-state index in [0.29, 0.717) is 18.0 Å². The zero-order valence-corrected chi connectivity index (χ0v) is 23.4. The lowest BCUT2D eigenvalue weighted by Gasteiger charge is -2.37. The van der Waals surface area contributed by atoms with E-state index in [9.17, 15) is 4.79 Å². The average Bonchev–Trinajstić information content (AvgIpc) is 2.88. The SMILES string of the molecule is C=C(CCc1ccc(OC)cc1)c1ccc(C(=O)OCC)cc1C1=C(C)c2nc(N)c(C)cc2CC1(C)C. The summed E-state index contributed by atoms with van der Waals surface area (Å²) in [5.74, 6) is 1.07. The third-order valence-electron chi connectivity index (χ3n) is 7.43. The van der Waals surface area contributed by atoms with Crippen LogP contribution in [-0.2, 0) is 17.6 Å². The van der Waals surface area contributed by atoms with Crippen molar-refractivity contribution in [3.8, 4) is 5.75 Å². The molecule has 1 aliphatic rings. The van der Waals surface area contributed by atoms with Gasteiger partial charge in [0.1, 0.15) is 11.6 Å². The monoisotopic (exact) mass is 510 g/mol. The van der Waals surface area contributed by atoms with E-state index in [0.717, 1.165) is 64.1 Å². The van der Waals surface area contributed by atoms with Crippen LogP contribution in [0.4, 0.5) is 5.82 Å². The largest absolute Gasteiger partial charge is 0.497 e. The summed E-state index contributed by atoms with van der Waals surface area (Å²) >= 11 is 0. The number of pyridine rings is 1. The zero-order chi connectivity index (χ0) is 27.6. The smallest absolute Gasteiger partial charge is 0.338 e. The van der Waals surface area contributed by atoms with Gasteiger partial charge in [-0.05, 0) is 114 Å². The van der Waals surface area contributed by atoms with E-state index in [1.807, 2.05) is 44.2 Å². The van der Waals surface area contributed by atoms with Gasteiger partial charge in [-0.2, -0.15) is 0 Å². The number of esters is 1. The van der Waals surface area contributed by atoms with Crippen molar-refractivity contribution in [1.82, 2.24) is 4.98 Å². The lowest BCUT2D eigenvalue weighted by Crippen LogP contribution is -2.25. The van der Waals surface area contributed by atoms with Gasteiger partial charge in [-0.3, -0.25) is 0 Å². The number of benzene rings is 2. The Morgan fingerprint density at radius 2 is 1.82 bits per heavy atom. The lowest BCUT2D eigenvalue weighted by molar-refractivity contribution is 0.0526. The van der Waals surface area contributed by atoms with Crippen molar-refractivity contribution in [3.05, 3.63) is 94.2 Å². The molecule has 1 aliphatic carbocycles. The molecule has 0 aliphatic heterocycles. The minimum absolute atomic E-state index is 0.195. The molecule has 5 heteroatoms. The number of aromatic nitrogens is 1. The van der Waals surface area contributed by atoms with E-state index in [-0.39, 0.29) is 11.4 Å². The molecule has 0 saturated heterocycles. The number of ether oxygens (including phenoxy) is 2. The fraction of sp³-hybridized carbons (Fsp3) is 0.333. The molecule has 0 atom stereocenters. The van der Waals surface area contributed by atoms with Gasteiger partial charge in [-0.15, -0.1) is 0 Å². The Morgan fingerprint density at radius 1 is 1.11 bits per heavy atom. The van der Waals surface area contributed by atoms with E-state index in [4.69, 9.17) is 20.2 Å². The fourth-order valence-corrected chi connectivity index (χ4v) is 5.52. The number of methoxy groups -OCH3 is 1. The number of fused-ring (bicyclic) bond motifs is 1. The van der Waals surface area contributed by atoms with Gasteiger partial charge in [0.25, 0.3) is 0 Å². The van der Waals surface area contributed by atoms with E-state index < -0.39 is 0 Å². The number of aryl methyl sites for hydroxylation is 2. The van der Waals surface area contributed by atoms with Crippen LogP contribution < -0.4 is 10.5 Å². The first-order valence-electron chi connectivity index (χ1n) is 13.2. The molecule has 1 aromatic heterocycles. The van der Waals surface area contributed by atoms with Crippen molar-refractivity contribution in [2.24, 2.45) is 5.41 Å². The molecule has 2 aromatic carbocycles. The Balaban J connectivity index is 1.81. The zero-order valence-electron chi connectivity index (χ0n) is 23.4. The van der Waals surface area contributed by atoms with Gasteiger partial charge < -0.3 is 15.2 Å². The third-order valence-corrected chi connectivity index (χ3v) is 7.43. The molecule has 3 aromatic rings. The molecule has 38 heavy (non-hydrogen) atoms. The normalized spacial score (nSPS) is 14.2. The minimum Gasteiger partial charge on any atom is -0.497 e. The highest BCUT2D eigenvalue weighted by Crippen LogP contribution is 2.49. The Morgan fingerprint density at radius 3 is 2.47 bits per heavy atom. The van der Waals surface area contributed by atoms with Gasteiger partial charge in [0.05, 0.1) is 25.0 Å². The topological polar surface area (TPSA) is 74.4 Å². The minimum atomic E-state index is -0.325. The van der Waals surface area contributed by atoms with Crippen molar-refractivity contribution < 1.29 is 14.3 Å². The van der Waals surface area contributed by atoms with Gasteiger partial charge in [-0.1, -0.05) is 44.7 Å². The lowest BCUT2D eigenvalue weighted by atomic mass is 9.67. The number of anilines is 1. The molecule has 4 rings (SSSR count). The quantitative estimate of drug-likeness (QED) is 0.322. The summed E-state index contributed by atoms with van der Waals surface area (Å²) in [5.41, 5.74) is 16.2. The number of allylic oxidation sites excluding steroid dienone is 3. The van der Waals surface area contributed by atoms with Gasteiger partial charge in [-0.25, -0.2) is 9.78 Å². The number of hydrogen-bond acceptors (Lipinski definition) is 5. The first kappa shape index (κ1) is 27.2. The molecule has 0 bridgehead atoms.